The summed E-state index contributed by atoms with van der Waals surface area (Å²) in [6.45, 7) is 4.51. The third-order valence-corrected chi connectivity index (χ3v) is 5.81. The molecule has 1 aliphatic carbocycles. The van der Waals surface area contributed by atoms with Crippen molar-refractivity contribution in [3.63, 3.8) is 0 Å². The Morgan fingerprint density at radius 3 is 2.29 bits per heavy atom. The Kier molecular flexibility index (Phi) is 3.38. The first-order valence-corrected chi connectivity index (χ1v) is 8.21. The van der Waals surface area contributed by atoms with Crippen molar-refractivity contribution in [1.82, 2.24) is 4.90 Å². The van der Waals surface area contributed by atoms with Gasteiger partial charge in [0.25, 0.3) is 0 Å². The van der Waals surface area contributed by atoms with Crippen molar-refractivity contribution in [3.05, 3.63) is 30.1 Å². The molecule has 1 aromatic rings. The second kappa shape index (κ2) is 5.25. The average molecular weight is 289 g/mol. The van der Waals surface area contributed by atoms with Gasteiger partial charge in [0.05, 0.1) is 0 Å². The summed E-state index contributed by atoms with van der Waals surface area (Å²) >= 11 is 0. The molecule has 1 unspecified atom stereocenters. The highest BCUT2D eigenvalue weighted by Gasteiger charge is 2.42. The van der Waals surface area contributed by atoms with Crippen LogP contribution < -0.4 is 10.6 Å². The monoisotopic (exact) mass is 289 g/mol. The molecule has 3 nitrogen and oxygen atoms in total. The summed E-state index contributed by atoms with van der Waals surface area (Å²) in [4.78, 5) is 5.07. The van der Waals surface area contributed by atoms with Crippen molar-refractivity contribution in [2.75, 3.05) is 31.1 Å². The standard InChI is InChI=1S/C17H24FN3/c18-14-3-5-15(6-4-14)20-8-7-16(11-20)21-9-12-1-2-13(10-21)17(12)19/h3-6,12-13,16-17H,1-2,7-11,19H2/t12-,13+,16-,17?/m1/s1. The zero-order chi connectivity index (χ0) is 14.4. The normalized spacial score (nSPS) is 36.4. The highest BCUT2D eigenvalue weighted by atomic mass is 19.1. The quantitative estimate of drug-likeness (QED) is 0.905. The lowest BCUT2D eigenvalue weighted by Crippen LogP contribution is -2.52. The Morgan fingerprint density at radius 1 is 0.952 bits per heavy atom. The van der Waals surface area contributed by atoms with Crippen molar-refractivity contribution >= 4 is 5.69 Å². The summed E-state index contributed by atoms with van der Waals surface area (Å²) in [5, 5.41) is 0. The van der Waals surface area contributed by atoms with Crippen LogP contribution in [0.25, 0.3) is 0 Å². The molecule has 4 atom stereocenters. The Hall–Kier alpha value is -1.13. The minimum atomic E-state index is -0.156. The third-order valence-electron chi connectivity index (χ3n) is 5.81. The minimum Gasteiger partial charge on any atom is -0.370 e. The summed E-state index contributed by atoms with van der Waals surface area (Å²) in [5.74, 6) is 1.27. The molecule has 3 aliphatic rings. The maximum Gasteiger partial charge on any atom is 0.123 e. The topological polar surface area (TPSA) is 32.5 Å². The molecule has 0 aromatic heterocycles. The van der Waals surface area contributed by atoms with Crippen LogP contribution in [0.15, 0.2) is 24.3 Å². The van der Waals surface area contributed by atoms with E-state index < -0.39 is 0 Å². The Bertz CT molecular complexity index is 489. The maximum absolute atomic E-state index is 13.0. The van der Waals surface area contributed by atoms with Crippen molar-refractivity contribution in [2.24, 2.45) is 17.6 Å². The van der Waals surface area contributed by atoms with E-state index in [2.05, 4.69) is 9.80 Å². The number of halogens is 1. The number of hydrogen-bond acceptors (Lipinski definition) is 3. The fourth-order valence-corrected chi connectivity index (χ4v) is 4.53. The van der Waals surface area contributed by atoms with Gasteiger partial charge >= 0.3 is 0 Å². The van der Waals surface area contributed by atoms with Crippen LogP contribution in [-0.4, -0.2) is 43.2 Å². The van der Waals surface area contributed by atoms with Gasteiger partial charge in [-0.3, -0.25) is 4.90 Å². The van der Waals surface area contributed by atoms with Gasteiger partial charge in [0, 0.05) is 44.0 Å². The maximum atomic E-state index is 13.0. The van der Waals surface area contributed by atoms with Gasteiger partial charge in [-0.25, -0.2) is 4.39 Å². The van der Waals surface area contributed by atoms with Crippen LogP contribution in [-0.2, 0) is 0 Å². The number of likely N-dealkylation sites (tertiary alicyclic amines) is 1. The lowest BCUT2D eigenvalue weighted by atomic mass is 9.92. The van der Waals surface area contributed by atoms with Gasteiger partial charge in [-0.15, -0.1) is 0 Å². The van der Waals surface area contributed by atoms with Crippen LogP contribution in [0.1, 0.15) is 19.3 Å². The number of piperidine rings is 1. The molecule has 0 radical (unpaired) electrons. The molecule has 3 fully saturated rings. The number of nitrogens with two attached hydrogens (primary N) is 1. The van der Waals surface area contributed by atoms with Crippen molar-refractivity contribution in [3.8, 4) is 0 Å². The fourth-order valence-electron chi connectivity index (χ4n) is 4.53. The van der Waals surface area contributed by atoms with Crippen LogP contribution in [0, 0.1) is 17.7 Å². The van der Waals surface area contributed by atoms with Gasteiger partial charge in [-0.05, 0) is 55.4 Å². The second-order valence-electron chi connectivity index (χ2n) is 6.99. The van der Waals surface area contributed by atoms with Gasteiger partial charge in [-0.2, -0.15) is 0 Å². The summed E-state index contributed by atoms with van der Waals surface area (Å²) < 4.78 is 13.0. The number of fused-ring (bicyclic) bond motifs is 2. The predicted molar refractivity (Wildman–Crippen MR) is 82.8 cm³/mol. The Morgan fingerprint density at radius 2 is 1.62 bits per heavy atom. The summed E-state index contributed by atoms with van der Waals surface area (Å²) in [5.41, 5.74) is 7.45. The molecule has 1 aromatic carbocycles. The van der Waals surface area contributed by atoms with Gasteiger partial charge < -0.3 is 10.6 Å². The van der Waals surface area contributed by atoms with Crippen molar-refractivity contribution in [2.45, 2.75) is 31.3 Å². The third kappa shape index (κ3) is 2.44. The predicted octanol–water partition coefficient (Wildman–Crippen LogP) is 2.07. The van der Waals surface area contributed by atoms with Gasteiger partial charge in [-0.1, -0.05) is 0 Å². The second-order valence-corrected chi connectivity index (χ2v) is 6.99. The lowest BCUT2D eigenvalue weighted by Gasteiger charge is -2.39. The minimum absolute atomic E-state index is 0.156. The number of rotatable bonds is 2. The van der Waals surface area contributed by atoms with Crippen LogP contribution >= 0.6 is 0 Å². The highest BCUT2D eigenvalue weighted by Crippen LogP contribution is 2.37. The summed E-state index contributed by atoms with van der Waals surface area (Å²) in [7, 11) is 0. The van der Waals surface area contributed by atoms with Crippen molar-refractivity contribution < 1.29 is 4.39 Å². The van der Waals surface area contributed by atoms with Crippen LogP contribution in [0.2, 0.25) is 0 Å². The zero-order valence-electron chi connectivity index (χ0n) is 12.4. The van der Waals surface area contributed by atoms with E-state index in [1.165, 1.54) is 32.4 Å². The smallest absolute Gasteiger partial charge is 0.123 e. The molecule has 2 saturated heterocycles. The van der Waals surface area contributed by atoms with E-state index in [1.807, 2.05) is 12.1 Å². The SMILES string of the molecule is NC1[C@@H]2CC[C@H]1CN([C@@H]1CCN(c3ccc(F)cc3)C1)C2. The van der Waals surface area contributed by atoms with Gasteiger partial charge in [0.15, 0.2) is 0 Å². The van der Waals surface area contributed by atoms with Crippen LogP contribution in [0.3, 0.4) is 0 Å². The zero-order valence-corrected chi connectivity index (χ0v) is 12.4. The molecule has 2 bridgehead atoms. The van der Waals surface area contributed by atoms with Gasteiger partial charge in [0.1, 0.15) is 5.82 Å². The molecule has 2 heterocycles. The molecular weight excluding hydrogens is 265 g/mol. The molecule has 0 amide bonds. The lowest BCUT2D eigenvalue weighted by molar-refractivity contribution is 0.110. The molecule has 2 N–H and O–H groups in total. The number of hydrogen-bond donors (Lipinski definition) is 1. The first kappa shape index (κ1) is 13.5. The van der Waals surface area contributed by atoms with E-state index in [1.54, 1.807) is 12.1 Å². The molecule has 4 rings (SSSR count). The van der Waals surface area contributed by atoms with Crippen molar-refractivity contribution in [1.29, 1.82) is 0 Å². The number of anilines is 1. The van der Waals surface area contributed by atoms with Gasteiger partial charge in [0.2, 0.25) is 0 Å². The fraction of sp³-hybridized carbons (Fsp3) is 0.647. The summed E-state index contributed by atoms with van der Waals surface area (Å²) in [6.07, 6.45) is 3.85. The van der Waals surface area contributed by atoms with E-state index in [4.69, 9.17) is 5.73 Å². The van der Waals surface area contributed by atoms with E-state index in [9.17, 15) is 4.39 Å². The highest BCUT2D eigenvalue weighted by molar-refractivity contribution is 5.47. The first-order valence-electron chi connectivity index (χ1n) is 8.21. The number of benzene rings is 1. The molecule has 0 spiro atoms. The Balaban J connectivity index is 1.41. The van der Waals surface area contributed by atoms with E-state index >= 15 is 0 Å². The molecule has 1 saturated carbocycles. The Labute approximate surface area is 125 Å². The summed E-state index contributed by atoms with van der Waals surface area (Å²) in [6, 6.07) is 7.99. The molecule has 4 heteroatoms. The molecule has 2 aliphatic heterocycles. The van der Waals surface area contributed by atoms with E-state index in [0.29, 0.717) is 23.9 Å². The average Bonchev–Trinajstić information content (AvgIpc) is 3.03. The number of nitrogens with zero attached hydrogens (tertiary/aromatic N) is 2. The van der Waals surface area contributed by atoms with Crippen LogP contribution in [0.5, 0.6) is 0 Å². The van der Waals surface area contributed by atoms with E-state index in [-0.39, 0.29) is 5.82 Å². The first-order chi connectivity index (χ1) is 10.2. The molecular formula is C17H24FN3. The van der Waals surface area contributed by atoms with Crippen LogP contribution in [0.4, 0.5) is 10.1 Å². The molecule has 21 heavy (non-hydrogen) atoms. The van der Waals surface area contributed by atoms with E-state index in [0.717, 1.165) is 18.8 Å². The largest absolute Gasteiger partial charge is 0.370 e. The molecule has 114 valence electrons.